The highest BCUT2D eigenvalue weighted by atomic mass is 79.9. The molecule has 0 aliphatic heterocycles. The van der Waals surface area contributed by atoms with E-state index in [-0.39, 0.29) is 17.4 Å². The Morgan fingerprint density at radius 3 is 2.09 bits per heavy atom. The summed E-state index contributed by atoms with van der Waals surface area (Å²) in [5.74, 6) is 1.03. The van der Waals surface area contributed by atoms with E-state index in [0.717, 1.165) is 0 Å². The SMILES string of the molecule is CCOc1cc(/C=N\Nc2nncn2/N=C/c2cc(Br)c(O)c(OCC)c2)cc(Br)c1O. The topological polar surface area (TPSA) is 126 Å². The van der Waals surface area contributed by atoms with Gasteiger partial charge in [0.25, 0.3) is 5.95 Å². The van der Waals surface area contributed by atoms with Crippen molar-refractivity contribution in [3.63, 3.8) is 0 Å². The van der Waals surface area contributed by atoms with E-state index >= 15 is 0 Å². The maximum absolute atomic E-state index is 10.0. The van der Waals surface area contributed by atoms with Gasteiger partial charge in [0, 0.05) is 0 Å². The van der Waals surface area contributed by atoms with Gasteiger partial charge >= 0.3 is 0 Å². The lowest BCUT2D eigenvalue weighted by Gasteiger charge is -2.08. The van der Waals surface area contributed by atoms with Crippen molar-refractivity contribution in [2.75, 3.05) is 18.6 Å². The van der Waals surface area contributed by atoms with Gasteiger partial charge in [-0.15, -0.1) is 10.2 Å². The highest BCUT2D eigenvalue weighted by molar-refractivity contribution is 9.10. The number of benzene rings is 2. The summed E-state index contributed by atoms with van der Waals surface area (Å²) in [7, 11) is 0. The maximum atomic E-state index is 10.0. The zero-order chi connectivity index (χ0) is 23.1. The number of aromatic hydroxyl groups is 2. The van der Waals surface area contributed by atoms with Gasteiger partial charge in [-0.2, -0.15) is 14.9 Å². The molecule has 2 aromatic carbocycles. The first-order valence-electron chi connectivity index (χ1n) is 9.47. The fourth-order valence-corrected chi connectivity index (χ4v) is 3.47. The van der Waals surface area contributed by atoms with Crippen LogP contribution in [0.5, 0.6) is 23.0 Å². The molecule has 10 nitrogen and oxygen atoms in total. The van der Waals surface area contributed by atoms with Gasteiger partial charge in [0.1, 0.15) is 6.33 Å². The minimum atomic E-state index is 0.0263. The lowest BCUT2D eigenvalue weighted by molar-refractivity contribution is 0.317. The highest BCUT2D eigenvalue weighted by Gasteiger charge is 2.10. The molecule has 0 saturated carbocycles. The average Bonchev–Trinajstić information content (AvgIpc) is 3.21. The molecule has 1 heterocycles. The molecule has 0 bridgehead atoms. The number of hydrogen-bond donors (Lipinski definition) is 3. The van der Waals surface area contributed by atoms with Gasteiger partial charge in [-0.05, 0) is 81.1 Å². The Balaban J connectivity index is 1.74. The molecule has 3 aromatic rings. The van der Waals surface area contributed by atoms with Gasteiger partial charge in [-0.25, -0.2) is 5.43 Å². The van der Waals surface area contributed by atoms with Crippen LogP contribution in [0.15, 0.2) is 49.7 Å². The molecular weight excluding hydrogens is 548 g/mol. The summed E-state index contributed by atoms with van der Waals surface area (Å²) < 4.78 is 13.2. The molecule has 32 heavy (non-hydrogen) atoms. The van der Waals surface area contributed by atoms with Crippen LogP contribution in [-0.4, -0.2) is 50.7 Å². The van der Waals surface area contributed by atoms with Crippen LogP contribution in [0.25, 0.3) is 0 Å². The number of hydrogen-bond acceptors (Lipinski definition) is 9. The van der Waals surface area contributed by atoms with Crippen LogP contribution in [-0.2, 0) is 0 Å². The number of rotatable bonds is 9. The van der Waals surface area contributed by atoms with E-state index in [2.05, 4.69) is 57.7 Å². The Kier molecular flexibility index (Phi) is 8.06. The first kappa shape index (κ1) is 23.5. The predicted molar refractivity (Wildman–Crippen MR) is 128 cm³/mol. The molecule has 0 amide bonds. The standard InChI is InChI=1S/C20H20Br2N6O4/c1-3-31-16-7-12(5-14(21)18(16)29)9-23-26-20-27-24-11-28(20)25-10-13-6-15(22)19(30)17(8-13)32-4-2/h5-11,29-30H,3-4H2,1-2H3,(H,26,27)/b23-9-,25-10+. The van der Waals surface area contributed by atoms with Crippen LogP contribution in [0.2, 0.25) is 0 Å². The second-order valence-electron chi connectivity index (χ2n) is 6.18. The number of aromatic nitrogens is 3. The van der Waals surface area contributed by atoms with Crippen LogP contribution >= 0.6 is 31.9 Å². The number of ether oxygens (including phenoxy) is 2. The molecule has 12 heteroatoms. The van der Waals surface area contributed by atoms with Crippen LogP contribution in [0.3, 0.4) is 0 Å². The van der Waals surface area contributed by atoms with Crippen molar-refractivity contribution in [3.05, 3.63) is 50.7 Å². The number of nitrogens with zero attached hydrogens (tertiary/aromatic N) is 5. The largest absolute Gasteiger partial charge is 0.503 e. The molecule has 0 aliphatic carbocycles. The molecule has 168 valence electrons. The Morgan fingerprint density at radius 1 is 0.969 bits per heavy atom. The zero-order valence-electron chi connectivity index (χ0n) is 17.2. The molecule has 0 fully saturated rings. The molecule has 1 aromatic heterocycles. The molecule has 3 rings (SSSR count). The van der Waals surface area contributed by atoms with Crippen LogP contribution in [0, 0.1) is 0 Å². The minimum Gasteiger partial charge on any atom is -0.503 e. The van der Waals surface area contributed by atoms with Crippen molar-refractivity contribution in [3.8, 4) is 23.0 Å². The normalized spacial score (nSPS) is 11.4. The predicted octanol–water partition coefficient (Wildman–Crippen LogP) is 4.34. The fraction of sp³-hybridized carbons (Fsp3) is 0.200. The zero-order valence-corrected chi connectivity index (χ0v) is 20.3. The molecule has 0 atom stereocenters. The monoisotopic (exact) mass is 566 g/mol. The van der Waals surface area contributed by atoms with Gasteiger partial charge in [0.15, 0.2) is 23.0 Å². The van der Waals surface area contributed by atoms with E-state index in [4.69, 9.17) is 9.47 Å². The number of anilines is 1. The molecule has 0 spiro atoms. The Hall–Kier alpha value is -3.12. The summed E-state index contributed by atoms with van der Waals surface area (Å²) in [6.45, 7) is 4.50. The number of phenolic OH excluding ortho intramolecular Hbond substituents is 2. The lowest BCUT2D eigenvalue weighted by Crippen LogP contribution is -2.00. The van der Waals surface area contributed by atoms with Gasteiger partial charge in [0.05, 0.1) is 34.6 Å². The Bertz CT molecular complexity index is 1150. The van der Waals surface area contributed by atoms with Gasteiger partial charge in [-0.1, -0.05) is 0 Å². The van der Waals surface area contributed by atoms with Crippen molar-refractivity contribution in [2.24, 2.45) is 10.2 Å². The summed E-state index contributed by atoms with van der Waals surface area (Å²) in [5.41, 5.74) is 4.15. The minimum absolute atomic E-state index is 0.0263. The van der Waals surface area contributed by atoms with E-state index in [0.29, 0.717) is 44.8 Å². The number of nitrogens with one attached hydrogen (secondary N) is 1. The summed E-state index contributed by atoms with van der Waals surface area (Å²) >= 11 is 6.59. The summed E-state index contributed by atoms with van der Waals surface area (Å²) in [6, 6.07) is 6.73. The number of halogens is 2. The average molecular weight is 568 g/mol. The van der Waals surface area contributed by atoms with Crippen LogP contribution < -0.4 is 14.9 Å². The molecule has 3 N–H and O–H groups in total. The van der Waals surface area contributed by atoms with Gasteiger partial charge < -0.3 is 19.7 Å². The number of hydrazone groups is 1. The smallest absolute Gasteiger partial charge is 0.265 e. The van der Waals surface area contributed by atoms with E-state index in [1.54, 1.807) is 36.7 Å². The maximum Gasteiger partial charge on any atom is 0.265 e. The first-order chi connectivity index (χ1) is 15.4. The van der Waals surface area contributed by atoms with E-state index in [1.165, 1.54) is 11.0 Å². The van der Waals surface area contributed by atoms with E-state index < -0.39 is 0 Å². The van der Waals surface area contributed by atoms with E-state index in [9.17, 15) is 10.2 Å². The van der Waals surface area contributed by atoms with Crippen LogP contribution in [0.1, 0.15) is 25.0 Å². The summed E-state index contributed by atoms with van der Waals surface area (Å²) in [6.07, 6.45) is 4.52. The Labute approximate surface area is 200 Å². The van der Waals surface area contributed by atoms with Crippen molar-refractivity contribution in [2.45, 2.75) is 13.8 Å². The lowest BCUT2D eigenvalue weighted by atomic mass is 10.2. The number of phenols is 2. The third-order valence-electron chi connectivity index (χ3n) is 3.94. The van der Waals surface area contributed by atoms with E-state index in [1.807, 2.05) is 13.8 Å². The highest BCUT2D eigenvalue weighted by Crippen LogP contribution is 2.36. The quantitative estimate of drug-likeness (QED) is 0.259. The fourth-order valence-electron chi connectivity index (χ4n) is 2.55. The third-order valence-corrected chi connectivity index (χ3v) is 5.15. The molecule has 0 aliphatic rings. The van der Waals surface area contributed by atoms with Crippen LogP contribution in [0.4, 0.5) is 5.95 Å². The van der Waals surface area contributed by atoms with Gasteiger partial charge in [-0.3, -0.25) is 0 Å². The summed E-state index contributed by atoms with van der Waals surface area (Å²) in [4.78, 5) is 0. The van der Waals surface area contributed by atoms with Crippen molar-refractivity contribution in [1.82, 2.24) is 14.9 Å². The molecular formula is C20H20Br2N6O4. The Morgan fingerprint density at radius 2 is 1.53 bits per heavy atom. The summed E-state index contributed by atoms with van der Waals surface area (Å²) in [5, 5.41) is 36.3. The van der Waals surface area contributed by atoms with Crippen molar-refractivity contribution >= 4 is 50.2 Å². The molecule has 0 radical (unpaired) electrons. The second-order valence-corrected chi connectivity index (χ2v) is 7.89. The van der Waals surface area contributed by atoms with Crippen molar-refractivity contribution in [1.29, 1.82) is 0 Å². The molecule has 0 unspecified atom stereocenters. The van der Waals surface area contributed by atoms with Gasteiger partial charge in [0.2, 0.25) is 0 Å². The first-order valence-corrected chi connectivity index (χ1v) is 11.1. The second kappa shape index (κ2) is 11.0. The van der Waals surface area contributed by atoms with Crippen molar-refractivity contribution < 1.29 is 19.7 Å². The molecule has 0 saturated heterocycles. The third kappa shape index (κ3) is 5.77.